The van der Waals surface area contributed by atoms with Crippen molar-refractivity contribution in [3.63, 3.8) is 0 Å². The summed E-state index contributed by atoms with van der Waals surface area (Å²) in [5.74, 6) is -1.30. The van der Waals surface area contributed by atoms with Gasteiger partial charge in [0.1, 0.15) is 17.2 Å². The molecule has 0 radical (unpaired) electrons. The van der Waals surface area contributed by atoms with Crippen LogP contribution >= 0.6 is 0 Å². The number of Topliss-reactive ketones (excluding diaryl/α,β-unsaturated/α-hetero) is 2. The molecule has 2 spiro atoms. The predicted molar refractivity (Wildman–Crippen MR) is 163 cm³/mol. The van der Waals surface area contributed by atoms with E-state index in [0.29, 0.717) is 36.3 Å². The van der Waals surface area contributed by atoms with Crippen LogP contribution in [0.1, 0.15) is 52.2 Å². The number of benzene rings is 4. The molecule has 8 rings (SSSR count). The van der Waals surface area contributed by atoms with Crippen LogP contribution in [0.4, 0.5) is 8.78 Å². The molecule has 4 aliphatic rings. The summed E-state index contributed by atoms with van der Waals surface area (Å²) in [6.45, 7) is 1.39. The van der Waals surface area contributed by atoms with Gasteiger partial charge in [0.05, 0.1) is 5.41 Å². The molecule has 216 valence electrons. The second kappa shape index (κ2) is 9.50. The zero-order valence-electron chi connectivity index (χ0n) is 24.0. The number of ketones is 2. The van der Waals surface area contributed by atoms with Crippen molar-refractivity contribution in [1.82, 2.24) is 9.80 Å². The SMILES string of the molecule is CN1C/C(=C\c2cccc(F)c2)C(=O)C2(C1)[C@@H](c1cccc(F)c1)[C@@H]1CCCCN1[C@@]21C(=O)c2cccc3cccc1c23. The summed E-state index contributed by atoms with van der Waals surface area (Å²) in [5, 5.41) is 1.89. The molecule has 4 nitrogen and oxygen atoms in total. The Morgan fingerprint density at radius 3 is 2.40 bits per heavy atom. The van der Waals surface area contributed by atoms with Crippen LogP contribution in [0.3, 0.4) is 0 Å². The average molecular weight is 575 g/mol. The Hall–Kier alpha value is -4.00. The number of likely N-dealkylation sites (tertiary alicyclic amines) is 1. The molecule has 3 aliphatic heterocycles. The summed E-state index contributed by atoms with van der Waals surface area (Å²) in [6.07, 6.45) is 4.48. The van der Waals surface area contributed by atoms with Gasteiger partial charge in [-0.3, -0.25) is 14.5 Å². The minimum absolute atomic E-state index is 0.0427. The number of carbonyl (C=O) groups is 2. The molecule has 4 aromatic carbocycles. The Balaban J connectivity index is 1.47. The van der Waals surface area contributed by atoms with Gasteiger partial charge in [-0.05, 0) is 84.2 Å². The van der Waals surface area contributed by atoms with E-state index in [0.717, 1.165) is 41.2 Å². The van der Waals surface area contributed by atoms with Crippen molar-refractivity contribution in [2.24, 2.45) is 5.41 Å². The second-order valence-electron chi connectivity index (χ2n) is 12.7. The maximum absolute atomic E-state index is 15.5. The van der Waals surface area contributed by atoms with E-state index in [1.165, 1.54) is 18.2 Å². The van der Waals surface area contributed by atoms with Crippen LogP contribution in [0, 0.1) is 17.0 Å². The standard InChI is InChI=1S/C37H32F2N2O2/c1-40-21-26(18-23-8-4-12-27(38)19-23)34(42)36(22-40)33(25-11-5-13-28(39)20-25)31-16-2-3-17-41(31)37(36)30-15-7-10-24-9-6-14-29(32(24)30)35(37)43/h4-15,18-20,31,33H,2-3,16-17,21-22H2,1H3/b26-18+/t31-,33-,36?,37-/m0/s1. The van der Waals surface area contributed by atoms with E-state index < -0.39 is 16.9 Å². The van der Waals surface area contributed by atoms with Crippen molar-refractivity contribution in [3.8, 4) is 0 Å². The van der Waals surface area contributed by atoms with E-state index >= 15 is 9.59 Å². The fourth-order valence-corrected chi connectivity index (χ4v) is 9.24. The van der Waals surface area contributed by atoms with E-state index in [1.807, 2.05) is 49.5 Å². The minimum atomic E-state index is -1.26. The second-order valence-corrected chi connectivity index (χ2v) is 12.7. The number of rotatable bonds is 2. The lowest BCUT2D eigenvalue weighted by Crippen LogP contribution is -2.65. The lowest BCUT2D eigenvalue weighted by molar-refractivity contribution is -0.134. The van der Waals surface area contributed by atoms with E-state index in [9.17, 15) is 8.78 Å². The third-order valence-corrected chi connectivity index (χ3v) is 10.5. The molecule has 1 aliphatic carbocycles. The number of nitrogens with zero attached hydrogens (tertiary/aromatic N) is 2. The summed E-state index contributed by atoms with van der Waals surface area (Å²) in [5.41, 5.74) is 0.911. The van der Waals surface area contributed by atoms with Crippen LogP contribution in [0.2, 0.25) is 0 Å². The lowest BCUT2D eigenvalue weighted by Gasteiger charge is -2.52. The molecule has 0 saturated carbocycles. The molecule has 1 unspecified atom stereocenters. The summed E-state index contributed by atoms with van der Waals surface area (Å²) in [6, 6.07) is 24.6. The molecule has 0 aromatic heterocycles. The Bertz CT molecular complexity index is 1860. The van der Waals surface area contributed by atoms with Crippen molar-refractivity contribution in [3.05, 3.63) is 124 Å². The number of hydrogen-bond acceptors (Lipinski definition) is 4. The summed E-state index contributed by atoms with van der Waals surface area (Å²) in [4.78, 5) is 35.2. The number of carbonyl (C=O) groups excluding carboxylic acids is 2. The summed E-state index contributed by atoms with van der Waals surface area (Å²) >= 11 is 0. The normalized spacial score (nSPS) is 29.8. The first-order valence-electron chi connectivity index (χ1n) is 15.1. The molecule has 4 atom stereocenters. The fraction of sp³-hybridized carbons (Fsp3) is 0.297. The maximum Gasteiger partial charge on any atom is 0.189 e. The molecular formula is C37H32F2N2O2. The van der Waals surface area contributed by atoms with Gasteiger partial charge in [-0.1, -0.05) is 67.1 Å². The van der Waals surface area contributed by atoms with Gasteiger partial charge in [0.15, 0.2) is 11.6 Å². The molecule has 0 N–H and O–H groups in total. The number of likely N-dealkylation sites (N-methyl/N-ethyl adjacent to an activating group) is 1. The molecule has 6 heteroatoms. The minimum Gasteiger partial charge on any atom is -0.301 e. The summed E-state index contributed by atoms with van der Waals surface area (Å²) < 4.78 is 29.3. The van der Waals surface area contributed by atoms with Crippen molar-refractivity contribution < 1.29 is 18.4 Å². The Morgan fingerprint density at radius 2 is 1.60 bits per heavy atom. The molecule has 0 amide bonds. The monoisotopic (exact) mass is 574 g/mol. The van der Waals surface area contributed by atoms with Crippen LogP contribution < -0.4 is 0 Å². The van der Waals surface area contributed by atoms with Gasteiger partial charge in [0.2, 0.25) is 0 Å². The Morgan fingerprint density at radius 1 is 0.860 bits per heavy atom. The zero-order chi connectivity index (χ0) is 29.5. The molecule has 0 bridgehead atoms. The first-order valence-corrected chi connectivity index (χ1v) is 15.1. The molecule has 3 saturated heterocycles. The predicted octanol–water partition coefficient (Wildman–Crippen LogP) is 6.75. The third-order valence-electron chi connectivity index (χ3n) is 10.5. The number of halogens is 2. The van der Waals surface area contributed by atoms with Crippen LogP contribution in [-0.4, -0.2) is 54.1 Å². The number of hydrogen-bond donors (Lipinski definition) is 0. The Kier molecular flexibility index (Phi) is 5.88. The number of fused-ring (bicyclic) bond motifs is 4. The van der Waals surface area contributed by atoms with Gasteiger partial charge in [-0.15, -0.1) is 0 Å². The molecule has 3 fully saturated rings. The smallest absolute Gasteiger partial charge is 0.189 e. The third kappa shape index (κ3) is 3.48. The van der Waals surface area contributed by atoms with Crippen LogP contribution in [0.15, 0.2) is 90.5 Å². The highest BCUT2D eigenvalue weighted by Gasteiger charge is 2.77. The van der Waals surface area contributed by atoms with E-state index in [1.54, 1.807) is 30.3 Å². The molecular weight excluding hydrogens is 542 g/mol. The van der Waals surface area contributed by atoms with Crippen LogP contribution in [0.5, 0.6) is 0 Å². The van der Waals surface area contributed by atoms with Gasteiger partial charge >= 0.3 is 0 Å². The van der Waals surface area contributed by atoms with Crippen molar-refractivity contribution in [2.75, 3.05) is 26.7 Å². The first kappa shape index (κ1) is 26.6. The largest absolute Gasteiger partial charge is 0.301 e. The molecule has 4 aromatic rings. The van der Waals surface area contributed by atoms with Gasteiger partial charge in [-0.25, -0.2) is 8.78 Å². The van der Waals surface area contributed by atoms with E-state index in [2.05, 4.69) is 9.80 Å². The van der Waals surface area contributed by atoms with E-state index in [-0.39, 0.29) is 29.2 Å². The zero-order valence-corrected chi connectivity index (χ0v) is 24.0. The first-order chi connectivity index (χ1) is 20.9. The quantitative estimate of drug-likeness (QED) is 0.249. The highest BCUT2D eigenvalue weighted by molar-refractivity contribution is 6.24. The molecule has 3 heterocycles. The van der Waals surface area contributed by atoms with Crippen LogP contribution in [0.25, 0.3) is 16.8 Å². The van der Waals surface area contributed by atoms with Crippen LogP contribution in [-0.2, 0) is 10.3 Å². The highest BCUT2D eigenvalue weighted by atomic mass is 19.1. The lowest BCUT2D eigenvalue weighted by atomic mass is 9.54. The Labute approximate surface area is 249 Å². The molecule has 43 heavy (non-hydrogen) atoms. The van der Waals surface area contributed by atoms with Crippen molar-refractivity contribution in [1.29, 1.82) is 0 Å². The van der Waals surface area contributed by atoms with Gasteiger partial charge in [0, 0.05) is 36.2 Å². The highest BCUT2D eigenvalue weighted by Crippen LogP contribution is 2.69. The van der Waals surface area contributed by atoms with Gasteiger partial charge in [-0.2, -0.15) is 0 Å². The van der Waals surface area contributed by atoms with Crippen molar-refractivity contribution in [2.45, 2.75) is 36.8 Å². The van der Waals surface area contributed by atoms with Gasteiger partial charge in [0.25, 0.3) is 0 Å². The number of piperidine rings is 2. The fourth-order valence-electron chi connectivity index (χ4n) is 9.24. The average Bonchev–Trinajstić information content (AvgIpc) is 3.41. The topological polar surface area (TPSA) is 40.6 Å². The van der Waals surface area contributed by atoms with Crippen molar-refractivity contribution >= 4 is 28.4 Å². The maximum atomic E-state index is 15.5. The van der Waals surface area contributed by atoms with E-state index in [4.69, 9.17) is 0 Å². The summed E-state index contributed by atoms with van der Waals surface area (Å²) in [7, 11) is 1.98. The van der Waals surface area contributed by atoms with Gasteiger partial charge < -0.3 is 4.90 Å².